The summed E-state index contributed by atoms with van der Waals surface area (Å²) < 4.78 is 0. The number of aliphatic carboxylic acids is 2. The molecular weight excluding hydrogens is 184 g/mol. The SMILES string of the molecule is CCCC(C(=O)O)(C(=O)O)C(C)CC. The van der Waals surface area contributed by atoms with E-state index in [4.69, 9.17) is 10.2 Å². The van der Waals surface area contributed by atoms with Crippen LogP contribution in [0, 0.1) is 11.3 Å². The van der Waals surface area contributed by atoms with Crippen molar-refractivity contribution in [3.8, 4) is 0 Å². The van der Waals surface area contributed by atoms with Crippen LogP contribution in [0.2, 0.25) is 0 Å². The molecule has 2 N–H and O–H groups in total. The largest absolute Gasteiger partial charge is 0.480 e. The zero-order valence-electron chi connectivity index (χ0n) is 8.91. The van der Waals surface area contributed by atoms with Crippen molar-refractivity contribution >= 4 is 11.9 Å². The van der Waals surface area contributed by atoms with E-state index in [2.05, 4.69) is 0 Å². The van der Waals surface area contributed by atoms with Gasteiger partial charge in [0.1, 0.15) is 0 Å². The molecule has 0 saturated carbocycles. The average Bonchev–Trinajstić information content (AvgIpc) is 2.11. The minimum atomic E-state index is -1.61. The van der Waals surface area contributed by atoms with Crippen molar-refractivity contribution in [1.82, 2.24) is 0 Å². The molecular formula is C10H18O4. The van der Waals surface area contributed by atoms with E-state index in [0.29, 0.717) is 12.8 Å². The molecule has 0 fully saturated rings. The Hall–Kier alpha value is -1.06. The Morgan fingerprint density at radius 1 is 1.21 bits per heavy atom. The van der Waals surface area contributed by atoms with Gasteiger partial charge in [-0.2, -0.15) is 0 Å². The lowest BCUT2D eigenvalue weighted by molar-refractivity contribution is -0.169. The molecule has 4 nitrogen and oxygen atoms in total. The van der Waals surface area contributed by atoms with Gasteiger partial charge in [0.2, 0.25) is 0 Å². The fraction of sp³-hybridized carbons (Fsp3) is 0.800. The molecule has 0 heterocycles. The van der Waals surface area contributed by atoms with E-state index in [1.165, 1.54) is 0 Å². The first kappa shape index (κ1) is 12.9. The third kappa shape index (κ3) is 2.05. The molecule has 4 heteroatoms. The van der Waals surface area contributed by atoms with E-state index >= 15 is 0 Å². The molecule has 1 unspecified atom stereocenters. The van der Waals surface area contributed by atoms with E-state index in [0.717, 1.165) is 0 Å². The molecule has 14 heavy (non-hydrogen) atoms. The van der Waals surface area contributed by atoms with Crippen LogP contribution < -0.4 is 0 Å². The Morgan fingerprint density at radius 3 is 1.86 bits per heavy atom. The zero-order chi connectivity index (χ0) is 11.4. The van der Waals surface area contributed by atoms with E-state index in [-0.39, 0.29) is 12.3 Å². The first-order valence-corrected chi connectivity index (χ1v) is 4.90. The summed E-state index contributed by atoms with van der Waals surface area (Å²) in [4.78, 5) is 22.1. The number of carbonyl (C=O) groups is 2. The highest BCUT2D eigenvalue weighted by Crippen LogP contribution is 2.35. The van der Waals surface area contributed by atoms with E-state index in [9.17, 15) is 9.59 Å². The molecule has 1 atom stereocenters. The van der Waals surface area contributed by atoms with Gasteiger partial charge in [-0.05, 0) is 12.3 Å². The summed E-state index contributed by atoms with van der Waals surface area (Å²) in [5, 5.41) is 18.1. The monoisotopic (exact) mass is 202 g/mol. The normalized spacial score (nSPS) is 13.6. The maximum Gasteiger partial charge on any atom is 0.321 e. The van der Waals surface area contributed by atoms with Gasteiger partial charge in [-0.25, -0.2) is 0 Å². The molecule has 0 aromatic heterocycles. The summed E-state index contributed by atoms with van der Waals surface area (Å²) >= 11 is 0. The predicted octanol–water partition coefficient (Wildman–Crippen LogP) is 1.99. The molecule has 0 aliphatic heterocycles. The lowest BCUT2D eigenvalue weighted by Gasteiger charge is -2.30. The summed E-state index contributed by atoms with van der Waals surface area (Å²) in [6.45, 7) is 5.28. The van der Waals surface area contributed by atoms with Crippen LogP contribution in [0.3, 0.4) is 0 Å². The fourth-order valence-corrected chi connectivity index (χ4v) is 1.72. The number of carboxylic acids is 2. The molecule has 0 aromatic rings. The van der Waals surface area contributed by atoms with Crippen LogP contribution in [0.15, 0.2) is 0 Å². The first-order valence-electron chi connectivity index (χ1n) is 4.90. The zero-order valence-corrected chi connectivity index (χ0v) is 8.91. The van der Waals surface area contributed by atoms with Gasteiger partial charge in [-0.1, -0.05) is 33.6 Å². The molecule has 0 bridgehead atoms. The highest BCUT2D eigenvalue weighted by Gasteiger charge is 2.49. The van der Waals surface area contributed by atoms with E-state index in [1.54, 1.807) is 20.8 Å². The van der Waals surface area contributed by atoms with Crippen molar-refractivity contribution in [3.63, 3.8) is 0 Å². The van der Waals surface area contributed by atoms with Gasteiger partial charge in [0, 0.05) is 0 Å². The molecule has 0 aliphatic rings. The van der Waals surface area contributed by atoms with Gasteiger partial charge < -0.3 is 10.2 Å². The summed E-state index contributed by atoms with van der Waals surface area (Å²) in [5.74, 6) is -2.79. The van der Waals surface area contributed by atoms with Crippen molar-refractivity contribution in [2.75, 3.05) is 0 Å². The van der Waals surface area contributed by atoms with Gasteiger partial charge in [0.25, 0.3) is 0 Å². The van der Waals surface area contributed by atoms with Crippen LogP contribution in [0.5, 0.6) is 0 Å². The quantitative estimate of drug-likeness (QED) is 0.646. The lowest BCUT2D eigenvalue weighted by Crippen LogP contribution is -2.44. The third-order valence-electron chi connectivity index (χ3n) is 2.86. The van der Waals surface area contributed by atoms with Crippen molar-refractivity contribution in [3.05, 3.63) is 0 Å². The van der Waals surface area contributed by atoms with Gasteiger partial charge in [-0.15, -0.1) is 0 Å². The number of hydrogen-bond acceptors (Lipinski definition) is 2. The average molecular weight is 202 g/mol. The molecule has 0 amide bonds. The Bertz CT molecular complexity index is 208. The summed E-state index contributed by atoms with van der Waals surface area (Å²) in [6, 6.07) is 0. The molecule has 0 rings (SSSR count). The van der Waals surface area contributed by atoms with Crippen molar-refractivity contribution in [1.29, 1.82) is 0 Å². The molecule has 0 saturated heterocycles. The first-order chi connectivity index (χ1) is 6.43. The number of hydrogen-bond donors (Lipinski definition) is 2. The predicted molar refractivity (Wildman–Crippen MR) is 52.1 cm³/mol. The van der Waals surface area contributed by atoms with Crippen LogP contribution in [-0.4, -0.2) is 22.2 Å². The summed E-state index contributed by atoms with van der Waals surface area (Å²) in [7, 11) is 0. The minimum absolute atomic E-state index is 0.187. The summed E-state index contributed by atoms with van der Waals surface area (Å²) in [5.41, 5.74) is -1.61. The van der Waals surface area contributed by atoms with Crippen molar-refractivity contribution in [2.45, 2.75) is 40.0 Å². The second-order valence-corrected chi connectivity index (χ2v) is 3.64. The van der Waals surface area contributed by atoms with Crippen LogP contribution in [0.1, 0.15) is 40.0 Å². The fourth-order valence-electron chi connectivity index (χ4n) is 1.72. The van der Waals surface area contributed by atoms with Crippen LogP contribution >= 0.6 is 0 Å². The second kappa shape index (κ2) is 4.98. The Morgan fingerprint density at radius 2 is 1.64 bits per heavy atom. The molecule has 0 radical (unpaired) electrons. The maximum atomic E-state index is 11.1. The standard InChI is InChI=1S/C10H18O4/c1-4-6-10(8(11)12,9(13)14)7(3)5-2/h7H,4-6H2,1-3H3,(H,11,12)(H,13,14). The Labute approximate surface area is 83.9 Å². The topological polar surface area (TPSA) is 74.6 Å². The van der Waals surface area contributed by atoms with Gasteiger partial charge in [0.05, 0.1) is 0 Å². The van der Waals surface area contributed by atoms with Crippen molar-refractivity contribution in [2.24, 2.45) is 11.3 Å². The Kier molecular flexibility index (Phi) is 4.60. The Balaban J connectivity index is 5.14. The highest BCUT2D eigenvalue weighted by molar-refractivity contribution is 5.98. The second-order valence-electron chi connectivity index (χ2n) is 3.64. The smallest absolute Gasteiger partial charge is 0.321 e. The van der Waals surface area contributed by atoms with Gasteiger partial charge in [-0.3, -0.25) is 9.59 Å². The minimum Gasteiger partial charge on any atom is -0.480 e. The number of rotatable bonds is 6. The van der Waals surface area contributed by atoms with Gasteiger partial charge >= 0.3 is 11.9 Å². The van der Waals surface area contributed by atoms with E-state index in [1.807, 2.05) is 0 Å². The van der Waals surface area contributed by atoms with Crippen LogP contribution in [0.4, 0.5) is 0 Å². The number of carboxylic acid groups (broad SMARTS) is 2. The molecule has 0 aliphatic carbocycles. The maximum absolute atomic E-state index is 11.1. The molecule has 0 aromatic carbocycles. The summed E-state index contributed by atoms with van der Waals surface area (Å²) in [6.07, 6.45) is 1.30. The third-order valence-corrected chi connectivity index (χ3v) is 2.86. The molecule has 82 valence electrons. The van der Waals surface area contributed by atoms with Gasteiger partial charge in [0.15, 0.2) is 5.41 Å². The van der Waals surface area contributed by atoms with Crippen LogP contribution in [0.25, 0.3) is 0 Å². The van der Waals surface area contributed by atoms with Crippen molar-refractivity contribution < 1.29 is 19.8 Å². The highest BCUT2D eigenvalue weighted by atomic mass is 16.4. The van der Waals surface area contributed by atoms with Crippen LogP contribution in [-0.2, 0) is 9.59 Å². The lowest BCUT2D eigenvalue weighted by atomic mass is 9.72. The molecule has 0 spiro atoms. The van der Waals surface area contributed by atoms with E-state index < -0.39 is 17.4 Å².